The SMILES string of the molecule is O=C(/C=C/c1ccccc1OCC(=O)NCC1=CC=CNC1)NCc1cccnc1. The summed E-state index contributed by atoms with van der Waals surface area (Å²) in [4.78, 5) is 28.1. The molecule has 0 unspecified atom stereocenters. The van der Waals surface area contributed by atoms with Crippen LogP contribution in [0.1, 0.15) is 11.1 Å². The number of carbonyl (C=O) groups is 2. The molecule has 3 N–H and O–H groups in total. The summed E-state index contributed by atoms with van der Waals surface area (Å²) in [6, 6.07) is 11.0. The van der Waals surface area contributed by atoms with E-state index in [0.717, 1.165) is 11.1 Å². The Morgan fingerprint density at radius 1 is 1.13 bits per heavy atom. The van der Waals surface area contributed by atoms with Gasteiger partial charge < -0.3 is 20.7 Å². The maximum atomic E-state index is 12.1. The van der Waals surface area contributed by atoms with Crippen molar-refractivity contribution in [3.63, 3.8) is 0 Å². The molecule has 154 valence electrons. The van der Waals surface area contributed by atoms with Crippen LogP contribution in [0.4, 0.5) is 0 Å². The summed E-state index contributed by atoms with van der Waals surface area (Å²) in [6.45, 7) is 1.48. The van der Waals surface area contributed by atoms with Crippen molar-refractivity contribution in [3.8, 4) is 5.75 Å². The monoisotopic (exact) mass is 404 g/mol. The van der Waals surface area contributed by atoms with E-state index in [1.165, 1.54) is 6.08 Å². The van der Waals surface area contributed by atoms with Crippen LogP contribution in [0.25, 0.3) is 6.08 Å². The van der Waals surface area contributed by atoms with Crippen LogP contribution < -0.4 is 20.7 Å². The Kier molecular flexibility index (Phi) is 7.79. The first-order chi connectivity index (χ1) is 14.7. The Morgan fingerprint density at radius 2 is 2.03 bits per heavy atom. The van der Waals surface area contributed by atoms with Gasteiger partial charge in [-0.3, -0.25) is 14.6 Å². The third-order valence-corrected chi connectivity index (χ3v) is 4.27. The molecule has 2 amide bonds. The number of hydrogen-bond acceptors (Lipinski definition) is 5. The predicted molar refractivity (Wildman–Crippen MR) is 115 cm³/mol. The van der Waals surface area contributed by atoms with Gasteiger partial charge in [0.25, 0.3) is 5.91 Å². The first kappa shape index (κ1) is 20.9. The number of dihydropyridines is 1. The molecular weight excluding hydrogens is 380 g/mol. The van der Waals surface area contributed by atoms with Crippen molar-refractivity contribution < 1.29 is 14.3 Å². The Morgan fingerprint density at radius 3 is 2.83 bits per heavy atom. The van der Waals surface area contributed by atoms with E-state index in [1.54, 1.807) is 24.5 Å². The number of allylic oxidation sites excluding steroid dienone is 2. The normalized spacial score (nSPS) is 12.7. The number of hydrogen-bond donors (Lipinski definition) is 3. The first-order valence-corrected chi connectivity index (χ1v) is 9.62. The van der Waals surface area contributed by atoms with Crippen molar-refractivity contribution >= 4 is 17.9 Å². The topological polar surface area (TPSA) is 92.4 Å². The fourth-order valence-electron chi connectivity index (χ4n) is 2.69. The van der Waals surface area contributed by atoms with Gasteiger partial charge in [-0.05, 0) is 41.6 Å². The zero-order chi connectivity index (χ0) is 21.0. The minimum Gasteiger partial charge on any atom is -0.483 e. The summed E-state index contributed by atoms with van der Waals surface area (Å²) in [5.74, 6) is 0.0960. The van der Waals surface area contributed by atoms with Crippen LogP contribution in [-0.2, 0) is 16.1 Å². The fraction of sp³-hybridized carbons (Fsp3) is 0.174. The molecule has 0 aliphatic carbocycles. The van der Waals surface area contributed by atoms with E-state index in [-0.39, 0.29) is 18.4 Å². The van der Waals surface area contributed by atoms with E-state index in [2.05, 4.69) is 20.9 Å². The zero-order valence-corrected chi connectivity index (χ0v) is 16.5. The number of pyridine rings is 1. The number of carbonyl (C=O) groups excluding carboxylic acids is 2. The van der Waals surface area contributed by atoms with Crippen LogP contribution in [0.5, 0.6) is 5.75 Å². The highest BCUT2D eigenvalue weighted by Crippen LogP contribution is 2.19. The number of nitrogens with zero attached hydrogens (tertiary/aromatic N) is 1. The van der Waals surface area contributed by atoms with Crippen molar-refractivity contribution in [2.24, 2.45) is 0 Å². The number of aromatic nitrogens is 1. The average molecular weight is 404 g/mol. The lowest BCUT2D eigenvalue weighted by atomic mass is 10.2. The van der Waals surface area contributed by atoms with Gasteiger partial charge in [-0.25, -0.2) is 0 Å². The third kappa shape index (κ3) is 6.94. The molecule has 30 heavy (non-hydrogen) atoms. The largest absolute Gasteiger partial charge is 0.483 e. The summed E-state index contributed by atoms with van der Waals surface area (Å²) in [5, 5.41) is 8.72. The van der Waals surface area contributed by atoms with Gasteiger partial charge in [0.15, 0.2) is 6.61 Å². The summed E-state index contributed by atoms with van der Waals surface area (Å²) in [5.41, 5.74) is 2.72. The van der Waals surface area contributed by atoms with Crippen molar-refractivity contribution in [2.45, 2.75) is 6.54 Å². The number of rotatable bonds is 9. The third-order valence-electron chi connectivity index (χ3n) is 4.27. The molecular formula is C23H24N4O3. The van der Waals surface area contributed by atoms with Crippen LogP contribution in [0.3, 0.4) is 0 Å². The molecule has 0 fully saturated rings. The number of benzene rings is 1. The predicted octanol–water partition coefficient (Wildman–Crippen LogP) is 1.95. The van der Waals surface area contributed by atoms with E-state index >= 15 is 0 Å². The Bertz CT molecular complexity index is 952. The molecule has 2 aromatic rings. The van der Waals surface area contributed by atoms with Gasteiger partial charge in [-0.15, -0.1) is 0 Å². The minimum atomic E-state index is -0.227. The highest BCUT2D eigenvalue weighted by molar-refractivity contribution is 5.92. The van der Waals surface area contributed by atoms with Crippen molar-refractivity contribution in [3.05, 3.63) is 89.9 Å². The lowest BCUT2D eigenvalue weighted by Crippen LogP contribution is -2.32. The standard InChI is InChI=1S/C23H24N4O3/c28-22(26-15-18-5-3-11-24-13-18)10-9-20-7-1-2-8-21(20)30-17-23(29)27-16-19-6-4-12-25-14-19/h1-13,25H,14-17H2,(H,26,28)(H,27,29)/b10-9+. The van der Waals surface area contributed by atoms with Crippen LogP contribution >= 0.6 is 0 Å². The second-order valence-electron chi connectivity index (χ2n) is 6.58. The molecule has 1 aliphatic rings. The van der Waals surface area contributed by atoms with Crippen molar-refractivity contribution in [1.82, 2.24) is 20.9 Å². The molecule has 1 aromatic carbocycles. The van der Waals surface area contributed by atoms with E-state index in [1.807, 2.05) is 48.7 Å². The van der Waals surface area contributed by atoms with Gasteiger partial charge in [0, 0.05) is 43.7 Å². The quantitative estimate of drug-likeness (QED) is 0.556. The average Bonchev–Trinajstić information content (AvgIpc) is 2.80. The van der Waals surface area contributed by atoms with Crippen LogP contribution in [-0.4, -0.2) is 36.5 Å². The molecule has 0 saturated carbocycles. The lowest BCUT2D eigenvalue weighted by molar-refractivity contribution is -0.123. The Labute approximate surface area is 175 Å². The van der Waals surface area contributed by atoms with E-state index in [9.17, 15) is 9.59 Å². The van der Waals surface area contributed by atoms with E-state index < -0.39 is 0 Å². The van der Waals surface area contributed by atoms with Gasteiger partial charge in [-0.1, -0.05) is 30.3 Å². The van der Waals surface area contributed by atoms with Crippen molar-refractivity contribution in [2.75, 3.05) is 19.7 Å². The van der Waals surface area contributed by atoms with Crippen LogP contribution in [0, 0.1) is 0 Å². The maximum Gasteiger partial charge on any atom is 0.258 e. The summed E-state index contributed by atoms with van der Waals surface area (Å²) < 4.78 is 5.65. The molecule has 1 aromatic heterocycles. The summed E-state index contributed by atoms with van der Waals surface area (Å²) in [7, 11) is 0. The molecule has 0 atom stereocenters. The van der Waals surface area contributed by atoms with Gasteiger partial charge in [0.1, 0.15) is 5.75 Å². The number of ether oxygens (including phenoxy) is 1. The molecule has 2 heterocycles. The first-order valence-electron chi connectivity index (χ1n) is 9.62. The summed E-state index contributed by atoms with van der Waals surface area (Å²) in [6.07, 6.45) is 12.2. The molecule has 0 bridgehead atoms. The van der Waals surface area contributed by atoms with Gasteiger partial charge in [-0.2, -0.15) is 0 Å². The van der Waals surface area contributed by atoms with E-state index in [0.29, 0.717) is 30.9 Å². The highest BCUT2D eigenvalue weighted by Gasteiger charge is 2.07. The van der Waals surface area contributed by atoms with E-state index in [4.69, 9.17) is 4.74 Å². The second kappa shape index (κ2) is 11.2. The molecule has 7 heteroatoms. The molecule has 3 rings (SSSR count). The minimum absolute atomic E-state index is 0.103. The molecule has 0 saturated heterocycles. The smallest absolute Gasteiger partial charge is 0.258 e. The van der Waals surface area contributed by atoms with Crippen LogP contribution in [0.15, 0.2) is 78.8 Å². The Balaban J connectivity index is 1.48. The number of nitrogens with one attached hydrogen (secondary N) is 3. The second-order valence-corrected chi connectivity index (χ2v) is 6.58. The number of amides is 2. The zero-order valence-electron chi connectivity index (χ0n) is 16.5. The van der Waals surface area contributed by atoms with Crippen LogP contribution in [0.2, 0.25) is 0 Å². The lowest BCUT2D eigenvalue weighted by Gasteiger charge is -2.13. The Hall–Kier alpha value is -3.87. The summed E-state index contributed by atoms with van der Waals surface area (Å²) >= 11 is 0. The maximum absolute atomic E-state index is 12.1. The fourth-order valence-corrected chi connectivity index (χ4v) is 2.69. The van der Waals surface area contributed by atoms with Gasteiger partial charge in [0.05, 0.1) is 0 Å². The molecule has 7 nitrogen and oxygen atoms in total. The van der Waals surface area contributed by atoms with Gasteiger partial charge in [0.2, 0.25) is 5.91 Å². The molecule has 0 spiro atoms. The molecule has 1 aliphatic heterocycles. The van der Waals surface area contributed by atoms with Crippen molar-refractivity contribution in [1.29, 1.82) is 0 Å². The highest BCUT2D eigenvalue weighted by atomic mass is 16.5. The molecule has 0 radical (unpaired) electrons. The van der Waals surface area contributed by atoms with Gasteiger partial charge >= 0.3 is 0 Å². The number of para-hydroxylation sites is 1.